The lowest BCUT2D eigenvalue weighted by atomic mass is 9.83. The number of carbonyl (C=O) groups excluding carboxylic acids is 2. The second-order valence-corrected chi connectivity index (χ2v) is 17.0. The molecule has 0 saturated carbocycles. The SMILES string of the molecule is Cc1c(C)c2c(c(C)c1OC(=O)CCCC[C@@H]1SC[C@@H]3NC(=O)N[C@@H]31)CC[C@@](C)(CCC[C@H](C)CCC[C@H](C)CCCC(C)C)O2. The monoisotopic (exact) mass is 656 g/mol. The molecule has 46 heavy (non-hydrogen) atoms. The second kappa shape index (κ2) is 17.0. The zero-order chi connectivity index (χ0) is 33.4. The quantitative estimate of drug-likeness (QED) is 0.0712. The van der Waals surface area contributed by atoms with Crippen LogP contribution in [0, 0.1) is 38.5 Å². The summed E-state index contributed by atoms with van der Waals surface area (Å²) in [5.74, 6) is 5.01. The first-order valence-electron chi connectivity index (χ1n) is 18.6. The number of carbonyl (C=O) groups is 2. The number of amides is 2. The third-order valence-corrected chi connectivity index (χ3v) is 12.6. The van der Waals surface area contributed by atoms with Crippen LogP contribution in [0.4, 0.5) is 4.79 Å². The summed E-state index contributed by atoms with van der Waals surface area (Å²) < 4.78 is 12.8. The molecule has 6 atom stereocenters. The van der Waals surface area contributed by atoms with Crippen molar-refractivity contribution in [1.82, 2.24) is 10.6 Å². The predicted octanol–water partition coefficient (Wildman–Crippen LogP) is 9.77. The van der Waals surface area contributed by atoms with Crippen molar-refractivity contribution in [3.8, 4) is 11.5 Å². The summed E-state index contributed by atoms with van der Waals surface area (Å²) in [5.41, 5.74) is 4.23. The van der Waals surface area contributed by atoms with E-state index in [0.29, 0.717) is 11.7 Å². The average Bonchev–Trinajstić information content (AvgIpc) is 3.55. The molecule has 2 saturated heterocycles. The number of rotatable bonds is 18. The maximum absolute atomic E-state index is 12.9. The van der Waals surface area contributed by atoms with Crippen molar-refractivity contribution >= 4 is 23.8 Å². The highest BCUT2D eigenvalue weighted by atomic mass is 32.2. The van der Waals surface area contributed by atoms with Gasteiger partial charge in [-0.1, -0.05) is 79.1 Å². The lowest BCUT2D eigenvalue weighted by Gasteiger charge is -2.38. The summed E-state index contributed by atoms with van der Waals surface area (Å²) in [6, 6.07) is 0.413. The van der Waals surface area contributed by atoms with Gasteiger partial charge in [0.15, 0.2) is 0 Å². The van der Waals surface area contributed by atoms with E-state index in [-0.39, 0.29) is 29.7 Å². The first-order valence-corrected chi connectivity index (χ1v) is 19.6. The van der Waals surface area contributed by atoms with Crippen LogP contribution in [0.1, 0.15) is 147 Å². The zero-order valence-electron chi connectivity index (χ0n) is 30.3. The molecule has 0 unspecified atom stereocenters. The lowest BCUT2D eigenvalue weighted by molar-refractivity contribution is -0.134. The molecular weight excluding hydrogens is 593 g/mol. The molecule has 0 aliphatic carbocycles. The minimum atomic E-state index is -0.158. The number of hydrogen-bond acceptors (Lipinski definition) is 5. The molecule has 0 spiro atoms. The highest BCUT2D eigenvalue weighted by Crippen LogP contribution is 2.45. The Morgan fingerprint density at radius 3 is 2.28 bits per heavy atom. The topological polar surface area (TPSA) is 76.7 Å². The van der Waals surface area contributed by atoms with E-state index in [0.717, 1.165) is 90.2 Å². The van der Waals surface area contributed by atoms with Crippen LogP contribution >= 0.6 is 11.8 Å². The molecule has 2 amide bonds. The third-order valence-electron chi connectivity index (χ3n) is 11.1. The number of nitrogens with one attached hydrogen (secondary N) is 2. The molecule has 3 heterocycles. The van der Waals surface area contributed by atoms with Crippen LogP contribution in [0.15, 0.2) is 0 Å². The molecule has 0 aromatic heterocycles. The normalized spacial score (nSPS) is 25.0. The predicted molar refractivity (Wildman–Crippen MR) is 192 cm³/mol. The van der Waals surface area contributed by atoms with Gasteiger partial charge in [-0.25, -0.2) is 4.79 Å². The maximum Gasteiger partial charge on any atom is 0.315 e. The van der Waals surface area contributed by atoms with E-state index in [4.69, 9.17) is 9.47 Å². The third kappa shape index (κ3) is 10.1. The van der Waals surface area contributed by atoms with Gasteiger partial charge in [0.25, 0.3) is 0 Å². The van der Waals surface area contributed by atoms with E-state index in [2.05, 4.69) is 66.0 Å². The molecule has 1 aromatic carbocycles. The smallest absolute Gasteiger partial charge is 0.315 e. The molecular formula is C39H64N2O4S. The molecule has 0 bridgehead atoms. The van der Waals surface area contributed by atoms with E-state index >= 15 is 0 Å². The van der Waals surface area contributed by atoms with Gasteiger partial charge in [-0.3, -0.25) is 4.79 Å². The molecule has 7 heteroatoms. The van der Waals surface area contributed by atoms with Crippen molar-refractivity contribution in [1.29, 1.82) is 0 Å². The lowest BCUT2D eigenvalue weighted by Crippen LogP contribution is -2.37. The molecule has 6 nitrogen and oxygen atoms in total. The largest absolute Gasteiger partial charge is 0.487 e. The number of thioether (sulfide) groups is 1. The van der Waals surface area contributed by atoms with Gasteiger partial charge in [-0.2, -0.15) is 11.8 Å². The maximum atomic E-state index is 12.9. The summed E-state index contributed by atoms with van der Waals surface area (Å²) >= 11 is 1.92. The van der Waals surface area contributed by atoms with Crippen LogP contribution in [-0.4, -0.2) is 40.7 Å². The van der Waals surface area contributed by atoms with E-state index < -0.39 is 0 Å². The number of benzene rings is 1. The highest BCUT2D eigenvalue weighted by Gasteiger charge is 2.42. The van der Waals surface area contributed by atoms with E-state index in [1.54, 1.807) is 0 Å². The first-order chi connectivity index (χ1) is 21.9. The van der Waals surface area contributed by atoms with Crippen LogP contribution in [-0.2, 0) is 11.2 Å². The van der Waals surface area contributed by atoms with Crippen molar-refractivity contribution in [3.05, 3.63) is 22.3 Å². The summed E-state index contributed by atoms with van der Waals surface area (Å²) in [5, 5.41) is 6.47. The molecule has 2 N–H and O–H groups in total. The summed E-state index contributed by atoms with van der Waals surface area (Å²) in [4.78, 5) is 24.6. The van der Waals surface area contributed by atoms with Gasteiger partial charge in [-0.15, -0.1) is 0 Å². The highest BCUT2D eigenvalue weighted by molar-refractivity contribution is 8.00. The van der Waals surface area contributed by atoms with E-state index in [1.165, 1.54) is 56.9 Å². The summed E-state index contributed by atoms with van der Waals surface area (Å²) in [6.07, 6.45) is 16.9. The Bertz CT molecular complexity index is 1190. The minimum absolute atomic E-state index is 0.0477. The van der Waals surface area contributed by atoms with Crippen LogP contribution in [0.5, 0.6) is 11.5 Å². The molecule has 260 valence electrons. The van der Waals surface area contributed by atoms with Gasteiger partial charge in [0, 0.05) is 23.0 Å². The summed E-state index contributed by atoms with van der Waals surface area (Å²) in [7, 11) is 0. The number of urea groups is 1. The average molecular weight is 657 g/mol. The number of esters is 1. The van der Waals surface area contributed by atoms with Gasteiger partial charge in [0.05, 0.1) is 12.1 Å². The molecule has 3 aliphatic heterocycles. The fourth-order valence-corrected chi connectivity index (χ4v) is 9.38. The Morgan fingerprint density at radius 2 is 1.59 bits per heavy atom. The van der Waals surface area contributed by atoms with Crippen LogP contribution < -0.4 is 20.1 Å². The van der Waals surface area contributed by atoms with E-state index in [1.807, 2.05) is 11.8 Å². The molecule has 0 radical (unpaired) electrons. The van der Waals surface area contributed by atoms with Crippen LogP contribution in [0.3, 0.4) is 0 Å². The Kier molecular flexibility index (Phi) is 13.6. The van der Waals surface area contributed by atoms with Gasteiger partial charge in [0.1, 0.15) is 17.1 Å². The summed E-state index contributed by atoms with van der Waals surface area (Å²) in [6.45, 7) is 18.1. The molecule has 3 aliphatic rings. The number of hydrogen-bond donors (Lipinski definition) is 2. The van der Waals surface area contributed by atoms with E-state index in [9.17, 15) is 9.59 Å². The number of ether oxygens (including phenoxy) is 2. The van der Waals surface area contributed by atoms with Gasteiger partial charge in [0.2, 0.25) is 0 Å². The number of fused-ring (bicyclic) bond motifs is 2. The molecule has 4 rings (SSSR count). The Hall–Kier alpha value is -1.89. The standard InChI is InChI=1S/C39H64N2O4S/c1-25(2)14-11-15-26(3)16-12-17-27(4)18-13-22-39(8)23-21-31-30(7)36(28(5)29(6)37(31)45-39)44-34(42)20-10-9-19-33-35-32(24-46-33)40-38(43)41-35/h25-27,32-33,35H,9-24H2,1-8H3,(H2,40,41,43)/t26-,27-,32+,33+,35+,39-/m1/s1. The minimum Gasteiger partial charge on any atom is -0.487 e. The van der Waals surface area contributed by atoms with Gasteiger partial charge < -0.3 is 20.1 Å². The Balaban J connectivity index is 1.20. The van der Waals surface area contributed by atoms with Crippen molar-refractivity contribution in [3.63, 3.8) is 0 Å². The van der Waals surface area contributed by atoms with Gasteiger partial charge >= 0.3 is 12.0 Å². The molecule has 2 fully saturated rings. The number of unbranched alkanes of at least 4 members (excludes halogenated alkanes) is 1. The van der Waals surface area contributed by atoms with Crippen molar-refractivity contribution in [2.75, 3.05) is 5.75 Å². The van der Waals surface area contributed by atoms with Crippen LogP contribution in [0.2, 0.25) is 0 Å². The van der Waals surface area contributed by atoms with Crippen molar-refractivity contribution < 1.29 is 19.1 Å². The molecule has 1 aromatic rings. The fraction of sp³-hybridized carbons (Fsp3) is 0.795. The van der Waals surface area contributed by atoms with Crippen molar-refractivity contribution in [2.45, 2.75) is 175 Å². The van der Waals surface area contributed by atoms with Crippen molar-refractivity contribution in [2.24, 2.45) is 17.8 Å². The second-order valence-electron chi connectivity index (χ2n) is 15.8. The first kappa shape index (κ1) is 36.9. The van der Waals surface area contributed by atoms with Gasteiger partial charge in [-0.05, 0) is 101 Å². The zero-order valence-corrected chi connectivity index (χ0v) is 31.1. The Labute approximate surface area is 284 Å². The van der Waals surface area contributed by atoms with Crippen LogP contribution in [0.25, 0.3) is 0 Å². The Morgan fingerprint density at radius 1 is 0.913 bits per heavy atom. The fourth-order valence-electron chi connectivity index (χ4n) is 7.84.